The molecule has 33 heavy (non-hydrogen) atoms. The zero-order valence-corrected chi connectivity index (χ0v) is 19.5. The van der Waals surface area contributed by atoms with Crippen molar-refractivity contribution in [3.63, 3.8) is 0 Å². The molecule has 2 aromatic carbocycles. The predicted octanol–water partition coefficient (Wildman–Crippen LogP) is 6.29. The molecular formula is C24H20Cl2N4O3. The molecule has 4 aromatic rings. The minimum absolute atomic E-state index is 0.198. The van der Waals surface area contributed by atoms with E-state index in [-0.39, 0.29) is 11.9 Å². The first-order chi connectivity index (χ1) is 16.0. The van der Waals surface area contributed by atoms with E-state index in [9.17, 15) is 4.79 Å². The average molecular weight is 483 g/mol. The standard InChI is InChI=1S/C24H20Cl2N4O3/c1-13-15(8-5-10-17(13)25)23-27-22(29-33-23)19-11-6-12-30(19)24(31)20-14(2)32-28-21(20)16-7-3-4-9-18(16)26/h3-5,7-10,19H,6,11-12H2,1-2H3/t19-/m0/s1. The van der Waals surface area contributed by atoms with Gasteiger partial charge in [0.1, 0.15) is 17.0 Å². The highest BCUT2D eigenvalue weighted by Crippen LogP contribution is 2.37. The maximum absolute atomic E-state index is 13.7. The highest BCUT2D eigenvalue weighted by atomic mass is 35.5. The summed E-state index contributed by atoms with van der Waals surface area (Å²) in [6.07, 6.45) is 1.55. The van der Waals surface area contributed by atoms with E-state index in [0.717, 1.165) is 24.0 Å². The molecule has 0 saturated carbocycles. The molecule has 3 heterocycles. The van der Waals surface area contributed by atoms with Crippen molar-refractivity contribution in [2.45, 2.75) is 32.7 Å². The second kappa shape index (κ2) is 8.65. The van der Waals surface area contributed by atoms with Crippen LogP contribution in [0.2, 0.25) is 10.0 Å². The summed E-state index contributed by atoms with van der Waals surface area (Å²) in [7, 11) is 0. The van der Waals surface area contributed by atoms with Gasteiger partial charge in [0.15, 0.2) is 5.82 Å². The largest absolute Gasteiger partial charge is 0.360 e. The van der Waals surface area contributed by atoms with E-state index in [1.54, 1.807) is 17.9 Å². The Morgan fingerprint density at radius 3 is 2.58 bits per heavy atom. The van der Waals surface area contributed by atoms with Gasteiger partial charge in [-0.2, -0.15) is 4.98 Å². The number of rotatable bonds is 4. The van der Waals surface area contributed by atoms with Crippen molar-refractivity contribution in [2.24, 2.45) is 0 Å². The number of hydrogen-bond donors (Lipinski definition) is 0. The van der Waals surface area contributed by atoms with Crippen LogP contribution in [0.5, 0.6) is 0 Å². The van der Waals surface area contributed by atoms with Crippen LogP contribution in [0.25, 0.3) is 22.7 Å². The molecule has 9 heteroatoms. The molecule has 0 spiro atoms. The van der Waals surface area contributed by atoms with Crippen LogP contribution in [0.1, 0.15) is 46.4 Å². The lowest BCUT2D eigenvalue weighted by Crippen LogP contribution is -2.31. The highest BCUT2D eigenvalue weighted by molar-refractivity contribution is 6.33. The zero-order chi connectivity index (χ0) is 23.1. The fourth-order valence-electron chi connectivity index (χ4n) is 4.20. The number of hydrogen-bond acceptors (Lipinski definition) is 6. The van der Waals surface area contributed by atoms with Crippen molar-refractivity contribution in [1.82, 2.24) is 20.2 Å². The fourth-order valence-corrected chi connectivity index (χ4v) is 4.60. The predicted molar refractivity (Wildman–Crippen MR) is 124 cm³/mol. The summed E-state index contributed by atoms with van der Waals surface area (Å²) in [4.78, 5) is 20.0. The normalized spacial score (nSPS) is 15.9. The van der Waals surface area contributed by atoms with Gasteiger partial charge < -0.3 is 13.9 Å². The number of aryl methyl sites for hydroxylation is 1. The lowest BCUT2D eigenvalue weighted by atomic mass is 10.0. The fraction of sp³-hybridized carbons (Fsp3) is 0.250. The minimum atomic E-state index is -0.317. The molecule has 1 amide bonds. The summed E-state index contributed by atoms with van der Waals surface area (Å²) in [6.45, 7) is 4.19. The van der Waals surface area contributed by atoms with Gasteiger partial charge in [0.25, 0.3) is 11.8 Å². The molecule has 0 bridgehead atoms. The van der Waals surface area contributed by atoms with Crippen molar-refractivity contribution < 1.29 is 13.8 Å². The number of aromatic nitrogens is 3. The first-order valence-electron chi connectivity index (χ1n) is 10.6. The molecule has 168 valence electrons. The molecule has 0 radical (unpaired) electrons. The quantitative estimate of drug-likeness (QED) is 0.339. The minimum Gasteiger partial charge on any atom is -0.360 e. The van der Waals surface area contributed by atoms with Gasteiger partial charge in [0.05, 0.1) is 11.1 Å². The lowest BCUT2D eigenvalue weighted by Gasteiger charge is -2.22. The van der Waals surface area contributed by atoms with Crippen molar-refractivity contribution in [1.29, 1.82) is 0 Å². The van der Waals surface area contributed by atoms with E-state index in [4.69, 9.17) is 32.2 Å². The van der Waals surface area contributed by atoms with Crippen molar-refractivity contribution >= 4 is 29.1 Å². The Balaban J connectivity index is 1.48. The monoisotopic (exact) mass is 482 g/mol. The van der Waals surface area contributed by atoms with Crippen molar-refractivity contribution in [3.05, 3.63) is 75.2 Å². The molecule has 0 unspecified atom stereocenters. The molecule has 1 atom stereocenters. The van der Waals surface area contributed by atoms with Crippen LogP contribution in [0.4, 0.5) is 0 Å². The average Bonchev–Trinajstić information content (AvgIpc) is 3.55. The Bertz CT molecular complexity index is 1350. The van der Waals surface area contributed by atoms with Gasteiger partial charge in [0, 0.05) is 22.7 Å². The molecule has 1 saturated heterocycles. The van der Waals surface area contributed by atoms with E-state index in [1.807, 2.05) is 43.3 Å². The Kier molecular flexibility index (Phi) is 5.68. The number of amides is 1. The number of carbonyl (C=O) groups excluding carboxylic acids is 1. The van der Waals surface area contributed by atoms with E-state index in [0.29, 0.717) is 50.9 Å². The summed E-state index contributed by atoms with van der Waals surface area (Å²) in [6, 6.07) is 12.5. The lowest BCUT2D eigenvalue weighted by molar-refractivity contribution is 0.0727. The Morgan fingerprint density at radius 1 is 1.00 bits per heavy atom. The summed E-state index contributed by atoms with van der Waals surface area (Å²) >= 11 is 12.6. The van der Waals surface area contributed by atoms with E-state index in [1.165, 1.54) is 0 Å². The number of nitrogens with zero attached hydrogens (tertiary/aromatic N) is 4. The third-order valence-electron chi connectivity index (χ3n) is 5.96. The Morgan fingerprint density at radius 2 is 1.76 bits per heavy atom. The van der Waals surface area contributed by atoms with E-state index < -0.39 is 0 Å². The molecule has 1 aliphatic rings. The molecule has 7 nitrogen and oxygen atoms in total. The van der Waals surface area contributed by atoms with Gasteiger partial charge in [-0.05, 0) is 50.5 Å². The number of halogens is 2. The number of likely N-dealkylation sites (tertiary alicyclic amines) is 1. The van der Waals surface area contributed by atoms with Gasteiger partial charge >= 0.3 is 0 Å². The van der Waals surface area contributed by atoms with E-state index >= 15 is 0 Å². The van der Waals surface area contributed by atoms with Crippen LogP contribution < -0.4 is 0 Å². The second-order valence-electron chi connectivity index (χ2n) is 7.97. The van der Waals surface area contributed by atoms with Gasteiger partial charge in [-0.3, -0.25) is 4.79 Å². The summed E-state index contributed by atoms with van der Waals surface area (Å²) in [5.74, 6) is 1.08. The third kappa shape index (κ3) is 3.81. The first kappa shape index (κ1) is 21.7. The topological polar surface area (TPSA) is 85.3 Å². The maximum atomic E-state index is 13.7. The van der Waals surface area contributed by atoms with Crippen LogP contribution in [-0.4, -0.2) is 32.6 Å². The van der Waals surface area contributed by atoms with Crippen LogP contribution in [0.15, 0.2) is 51.5 Å². The number of benzene rings is 2. The molecule has 1 fully saturated rings. The molecule has 0 N–H and O–H groups in total. The highest BCUT2D eigenvalue weighted by Gasteiger charge is 2.37. The van der Waals surface area contributed by atoms with Gasteiger partial charge in [-0.25, -0.2) is 0 Å². The zero-order valence-electron chi connectivity index (χ0n) is 18.0. The molecule has 1 aliphatic heterocycles. The van der Waals surface area contributed by atoms with Crippen LogP contribution in [-0.2, 0) is 0 Å². The van der Waals surface area contributed by atoms with Crippen LogP contribution in [0.3, 0.4) is 0 Å². The smallest absolute Gasteiger partial charge is 0.260 e. The summed E-state index contributed by atoms with van der Waals surface area (Å²) in [5, 5.41) is 9.45. The van der Waals surface area contributed by atoms with Crippen LogP contribution in [0, 0.1) is 13.8 Å². The molecular weight excluding hydrogens is 463 g/mol. The van der Waals surface area contributed by atoms with Crippen LogP contribution >= 0.6 is 23.2 Å². The van der Waals surface area contributed by atoms with E-state index in [2.05, 4.69) is 15.3 Å². The van der Waals surface area contributed by atoms with Crippen molar-refractivity contribution in [2.75, 3.05) is 6.54 Å². The molecule has 2 aromatic heterocycles. The van der Waals surface area contributed by atoms with Gasteiger partial charge in [-0.15, -0.1) is 0 Å². The molecule has 5 rings (SSSR count). The van der Waals surface area contributed by atoms with Gasteiger partial charge in [-0.1, -0.05) is 57.8 Å². The number of carbonyl (C=O) groups is 1. The van der Waals surface area contributed by atoms with Crippen molar-refractivity contribution in [3.8, 4) is 22.7 Å². The second-order valence-corrected chi connectivity index (χ2v) is 8.78. The van der Waals surface area contributed by atoms with Gasteiger partial charge in [0.2, 0.25) is 0 Å². The third-order valence-corrected chi connectivity index (χ3v) is 6.70. The summed E-state index contributed by atoms with van der Waals surface area (Å²) < 4.78 is 10.9. The maximum Gasteiger partial charge on any atom is 0.260 e. The molecule has 0 aliphatic carbocycles. The SMILES string of the molecule is Cc1onc(-c2ccccc2Cl)c1C(=O)N1CCC[C@H]1c1noc(-c2cccc(Cl)c2C)n1. The first-order valence-corrected chi connectivity index (χ1v) is 11.3. The Hall–Kier alpha value is -3.16. The summed E-state index contributed by atoms with van der Waals surface area (Å²) in [5.41, 5.74) is 3.10. The Labute approximate surface area is 200 Å².